The van der Waals surface area contributed by atoms with Crippen LogP contribution >= 0.6 is 0 Å². The first-order valence-electron chi connectivity index (χ1n) is 8.17. The number of ketones is 2. The number of nitrogens with one attached hydrogen (secondary N) is 1. The maximum Gasteiger partial charge on any atom is 0.235 e. The zero-order chi connectivity index (χ0) is 15.5. The van der Waals surface area contributed by atoms with Crippen molar-refractivity contribution in [3.8, 4) is 0 Å². The van der Waals surface area contributed by atoms with Crippen LogP contribution in [0.2, 0.25) is 0 Å². The Balaban J connectivity index is 1.90. The number of carbonyl (C=O) groups is 3. The molecule has 4 heteroatoms. The van der Waals surface area contributed by atoms with Gasteiger partial charge in [0.2, 0.25) is 17.5 Å². The first-order valence-corrected chi connectivity index (χ1v) is 8.17. The Morgan fingerprint density at radius 3 is 2.14 bits per heavy atom. The SMILES string of the molecule is CC1(C)[C@]2(C(=O)NC3CCCCC3)CC[C@]1(C)C(=O)C2=O. The van der Waals surface area contributed by atoms with Gasteiger partial charge in [-0.1, -0.05) is 40.0 Å². The van der Waals surface area contributed by atoms with Gasteiger partial charge in [0, 0.05) is 11.5 Å². The van der Waals surface area contributed by atoms with Gasteiger partial charge in [0.05, 0.1) is 0 Å². The van der Waals surface area contributed by atoms with E-state index >= 15 is 0 Å². The fourth-order valence-electron chi connectivity index (χ4n) is 4.83. The van der Waals surface area contributed by atoms with Crippen molar-refractivity contribution in [1.82, 2.24) is 5.32 Å². The molecule has 0 spiro atoms. The fourth-order valence-corrected chi connectivity index (χ4v) is 4.83. The van der Waals surface area contributed by atoms with Gasteiger partial charge in [-0.25, -0.2) is 0 Å². The molecule has 3 fully saturated rings. The van der Waals surface area contributed by atoms with Gasteiger partial charge in [-0.3, -0.25) is 14.4 Å². The lowest BCUT2D eigenvalue weighted by Crippen LogP contribution is -2.53. The number of amides is 1. The molecule has 0 aromatic heterocycles. The van der Waals surface area contributed by atoms with E-state index in [-0.39, 0.29) is 17.7 Å². The molecule has 0 aliphatic heterocycles. The number of hydrogen-bond donors (Lipinski definition) is 1. The van der Waals surface area contributed by atoms with Gasteiger partial charge >= 0.3 is 0 Å². The highest BCUT2D eigenvalue weighted by Gasteiger charge is 2.77. The summed E-state index contributed by atoms with van der Waals surface area (Å²) in [6.45, 7) is 5.70. The van der Waals surface area contributed by atoms with Gasteiger partial charge in [-0.05, 0) is 31.1 Å². The van der Waals surface area contributed by atoms with Crippen LogP contribution in [0.15, 0.2) is 0 Å². The van der Waals surface area contributed by atoms with Crippen LogP contribution in [0.25, 0.3) is 0 Å². The summed E-state index contributed by atoms with van der Waals surface area (Å²) in [6.07, 6.45) is 6.61. The molecule has 3 rings (SSSR count). The molecule has 0 aromatic carbocycles. The average Bonchev–Trinajstić information content (AvgIpc) is 2.72. The van der Waals surface area contributed by atoms with Gasteiger partial charge in [-0.2, -0.15) is 0 Å². The van der Waals surface area contributed by atoms with Crippen LogP contribution in [-0.2, 0) is 14.4 Å². The lowest BCUT2D eigenvalue weighted by atomic mass is 9.64. The minimum Gasteiger partial charge on any atom is -0.352 e. The third-order valence-electron chi connectivity index (χ3n) is 6.87. The van der Waals surface area contributed by atoms with Crippen molar-refractivity contribution in [3.63, 3.8) is 0 Å². The van der Waals surface area contributed by atoms with Crippen LogP contribution in [0.1, 0.15) is 65.7 Å². The first kappa shape index (κ1) is 14.7. The molecular formula is C17H25NO3. The maximum atomic E-state index is 12.9. The number of fused-ring (bicyclic) bond motifs is 2. The largest absolute Gasteiger partial charge is 0.352 e. The normalized spacial score (nSPS) is 38.8. The zero-order valence-electron chi connectivity index (χ0n) is 13.3. The second kappa shape index (κ2) is 4.40. The summed E-state index contributed by atoms with van der Waals surface area (Å²) in [5.74, 6) is -0.980. The predicted molar refractivity (Wildman–Crippen MR) is 78.6 cm³/mol. The molecule has 2 bridgehead atoms. The highest BCUT2D eigenvalue weighted by Crippen LogP contribution is 2.69. The number of hydrogen-bond acceptors (Lipinski definition) is 3. The van der Waals surface area contributed by atoms with E-state index in [0.717, 1.165) is 25.7 Å². The summed E-state index contributed by atoms with van der Waals surface area (Å²) >= 11 is 0. The molecule has 3 aliphatic rings. The third-order valence-corrected chi connectivity index (χ3v) is 6.87. The van der Waals surface area contributed by atoms with Crippen LogP contribution in [0.3, 0.4) is 0 Å². The molecule has 0 aromatic rings. The molecule has 0 heterocycles. The monoisotopic (exact) mass is 291 g/mol. The van der Waals surface area contributed by atoms with Crippen molar-refractivity contribution < 1.29 is 14.4 Å². The fraction of sp³-hybridized carbons (Fsp3) is 0.824. The van der Waals surface area contributed by atoms with Crippen LogP contribution in [-0.4, -0.2) is 23.5 Å². The molecule has 0 saturated heterocycles. The molecule has 4 nitrogen and oxygen atoms in total. The molecule has 21 heavy (non-hydrogen) atoms. The minimum absolute atomic E-state index is 0.173. The third kappa shape index (κ3) is 1.59. The minimum atomic E-state index is -1.13. The Bertz CT molecular complexity index is 518. The lowest BCUT2D eigenvalue weighted by Gasteiger charge is -2.38. The quantitative estimate of drug-likeness (QED) is 0.627. The van der Waals surface area contributed by atoms with Gasteiger partial charge in [-0.15, -0.1) is 0 Å². The summed E-state index contributed by atoms with van der Waals surface area (Å²) in [5.41, 5.74) is -2.39. The summed E-state index contributed by atoms with van der Waals surface area (Å²) < 4.78 is 0. The van der Waals surface area contributed by atoms with Gasteiger partial charge in [0.25, 0.3) is 0 Å². The van der Waals surface area contributed by atoms with Crippen LogP contribution in [0.4, 0.5) is 0 Å². The van der Waals surface area contributed by atoms with E-state index in [1.54, 1.807) is 0 Å². The molecule has 1 N–H and O–H groups in total. The van der Waals surface area contributed by atoms with Crippen molar-refractivity contribution in [2.75, 3.05) is 0 Å². The van der Waals surface area contributed by atoms with E-state index in [1.165, 1.54) is 6.42 Å². The van der Waals surface area contributed by atoms with E-state index in [2.05, 4.69) is 5.32 Å². The topological polar surface area (TPSA) is 63.2 Å². The molecule has 0 unspecified atom stereocenters. The van der Waals surface area contributed by atoms with E-state index in [0.29, 0.717) is 12.8 Å². The summed E-state index contributed by atoms with van der Waals surface area (Å²) in [5, 5.41) is 3.09. The van der Waals surface area contributed by atoms with E-state index in [1.807, 2.05) is 20.8 Å². The number of rotatable bonds is 2. The van der Waals surface area contributed by atoms with E-state index < -0.39 is 22.0 Å². The molecule has 3 aliphatic carbocycles. The lowest BCUT2D eigenvalue weighted by molar-refractivity contribution is -0.149. The molecule has 3 saturated carbocycles. The summed E-state index contributed by atoms with van der Waals surface area (Å²) in [4.78, 5) is 37.9. The highest BCUT2D eigenvalue weighted by atomic mass is 16.2. The molecule has 2 atom stereocenters. The Labute approximate surface area is 126 Å². The number of Topliss-reactive ketones (excluding diaryl/α,β-unsaturated/α-hetero) is 2. The van der Waals surface area contributed by atoms with E-state index in [9.17, 15) is 14.4 Å². The average molecular weight is 291 g/mol. The van der Waals surface area contributed by atoms with Crippen molar-refractivity contribution in [1.29, 1.82) is 0 Å². The van der Waals surface area contributed by atoms with Crippen molar-refractivity contribution in [2.24, 2.45) is 16.2 Å². The van der Waals surface area contributed by atoms with Crippen molar-refractivity contribution in [2.45, 2.75) is 71.8 Å². The van der Waals surface area contributed by atoms with E-state index in [4.69, 9.17) is 0 Å². The Morgan fingerprint density at radius 2 is 1.62 bits per heavy atom. The first-order chi connectivity index (χ1) is 9.77. The smallest absolute Gasteiger partial charge is 0.235 e. The maximum absolute atomic E-state index is 12.9. The molecule has 1 amide bonds. The van der Waals surface area contributed by atoms with Gasteiger partial charge in [0.15, 0.2) is 0 Å². The van der Waals surface area contributed by atoms with Crippen LogP contribution in [0, 0.1) is 16.2 Å². The summed E-state index contributed by atoms with van der Waals surface area (Å²) in [7, 11) is 0. The Kier molecular flexibility index (Phi) is 3.09. The Morgan fingerprint density at radius 1 is 1.00 bits per heavy atom. The van der Waals surface area contributed by atoms with Crippen LogP contribution in [0.5, 0.6) is 0 Å². The van der Waals surface area contributed by atoms with Gasteiger partial charge < -0.3 is 5.32 Å². The van der Waals surface area contributed by atoms with Crippen LogP contribution < -0.4 is 5.32 Å². The second-order valence-electron chi connectivity index (χ2n) is 7.83. The second-order valence-corrected chi connectivity index (χ2v) is 7.83. The standard InChI is InChI=1S/C17H25NO3/c1-15(2)16(3)9-10-17(15,13(20)12(16)19)14(21)18-11-7-5-4-6-8-11/h11H,4-10H2,1-3H3,(H,18,21)/t16-,17-/m1/s1. The number of carbonyl (C=O) groups excluding carboxylic acids is 3. The van der Waals surface area contributed by atoms with Gasteiger partial charge in [0.1, 0.15) is 5.41 Å². The van der Waals surface area contributed by atoms with Crippen molar-refractivity contribution in [3.05, 3.63) is 0 Å². The molecule has 116 valence electrons. The molecular weight excluding hydrogens is 266 g/mol. The Hall–Kier alpha value is -1.19. The summed E-state index contributed by atoms with van der Waals surface area (Å²) in [6, 6.07) is 0.173. The zero-order valence-corrected chi connectivity index (χ0v) is 13.3. The predicted octanol–water partition coefficient (Wildman–Crippen LogP) is 2.40. The molecule has 0 radical (unpaired) electrons. The highest BCUT2D eigenvalue weighted by molar-refractivity contribution is 6.48. The van der Waals surface area contributed by atoms with Crippen molar-refractivity contribution >= 4 is 17.5 Å².